The lowest BCUT2D eigenvalue weighted by atomic mass is 10.0. The van der Waals surface area contributed by atoms with Crippen LogP contribution in [0.25, 0.3) is 0 Å². The molecule has 0 unspecified atom stereocenters. The number of rotatable bonds is 30. The van der Waals surface area contributed by atoms with Crippen molar-refractivity contribution in [2.75, 3.05) is 6.61 Å². The predicted molar refractivity (Wildman–Crippen MR) is 161 cm³/mol. The molecule has 4 heteroatoms. The van der Waals surface area contributed by atoms with Crippen LogP contribution in [0.3, 0.4) is 0 Å². The minimum absolute atomic E-state index is 0.0319. The van der Waals surface area contributed by atoms with E-state index in [1.165, 1.54) is 135 Å². The molecule has 0 aliphatic carbocycles. The SMILES string of the molecule is CCCCCCCCCCCCCCCCCCC(=O)N[C@@H](CO)[C@H](O)CCCCCCCCCCC. The van der Waals surface area contributed by atoms with Crippen molar-refractivity contribution in [1.29, 1.82) is 0 Å². The topological polar surface area (TPSA) is 69.6 Å². The van der Waals surface area contributed by atoms with Crippen LogP contribution >= 0.6 is 0 Å². The molecule has 0 aliphatic heterocycles. The average Bonchev–Trinajstić information content (AvgIpc) is 2.90. The van der Waals surface area contributed by atoms with Gasteiger partial charge in [-0.25, -0.2) is 0 Å². The van der Waals surface area contributed by atoms with E-state index in [1.807, 2.05) is 0 Å². The molecule has 0 aliphatic rings. The highest BCUT2D eigenvalue weighted by atomic mass is 16.3. The molecule has 0 spiro atoms. The summed E-state index contributed by atoms with van der Waals surface area (Å²) in [5.74, 6) is -0.0319. The van der Waals surface area contributed by atoms with Crippen LogP contribution in [0, 0.1) is 0 Å². The number of unbranched alkanes of at least 4 members (excludes halogenated alkanes) is 23. The van der Waals surface area contributed by atoms with Crippen LogP contribution in [0.1, 0.15) is 187 Å². The number of carbonyl (C=O) groups is 1. The molecule has 1 amide bonds. The molecule has 0 radical (unpaired) electrons. The first-order chi connectivity index (χ1) is 18.2. The second kappa shape index (κ2) is 29.9. The number of carbonyl (C=O) groups excluding carboxylic acids is 1. The van der Waals surface area contributed by atoms with Gasteiger partial charge in [0.15, 0.2) is 0 Å². The van der Waals surface area contributed by atoms with Gasteiger partial charge in [-0.3, -0.25) is 4.79 Å². The van der Waals surface area contributed by atoms with Gasteiger partial charge in [-0.15, -0.1) is 0 Å². The minimum Gasteiger partial charge on any atom is -0.394 e. The summed E-state index contributed by atoms with van der Waals surface area (Å²) in [4.78, 5) is 12.3. The molecule has 37 heavy (non-hydrogen) atoms. The van der Waals surface area contributed by atoms with Crippen LogP contribution < -0.4 is 5.32 Å². The van der Waals surface area contributed by atoms with Crippen LogP contribution in [0.4, 0.5) is 0 Å². The number of hydrogen-bond acceptors (Lipinski definition) is 3. The van der Waals surface area contributed by atoms with Crippen molar-refractivity contribution < 1.29 is 15.0 Å². The highest BCUT2D eigenvalue weighted by Gasteiger charge is 2.19. The Kier molecular flexibility index (Phi) is 29.4. The third-order valence-electron chi connectivity index (χ3n) is 7.87. The van der Waals surface area contributed by atoms with Gasteiger partial charge in [-0.1, -0.05) is 168 Å². The van der Waals surface area contributed by atoms with Gasteiger partial charge in [0.25, 0.3) is 0 Å². The van der Waals surface area contributed by atoms with Crippen molar-refractivity contribution >= 4 is 5.91 Å². The molecule has 3 N–H and O–H groups in total. The largest absolute Gasteiger partial charge is 0.394 e. The summed E-state index contributed by atoms with van der Waals surface area (Å²) >= 11 is 0. The van der Waals surface area contributed by atoms with E-state index in [-0.39, 0.29) is 12.5 Å². The van der Waals surface area contributed by atoms with Crippen molar-refractivity contribution in [3.63, 3.8) is 0 Å². The molecule has 2 atom stereocenters. The van der Waals surface area contributed by atoms with Gasteiger partial charge >= 0.3 is 0 Å². The molecule has 0 rings (SSSR count). The lowest BCUT2D eigenvalue weighted by Gasteiger charge is -2.22. The van der Waals surface area contributed by atoms with Crippen molar-refractivity contribution in [2.45, 2.75) is 199 Å². The average molecular weight is 526 g/mol. The number of hydrogen-bond donors (Lipinski definition) is 3. The molecule has 4 nitrogen and oxygen atoms in total. The van der Waals surface area contributed by atoms with Crippen LogP contribution in [0.15, 0.2) is 0 Å². The quantitative estimate of drug-likeness (QED) is 0.0818. The normalized spacial score (nSPS) is 13.1. The maximum absolute atomic E-state index is 12.3. The second-order valence-corrected chi connectivity index (χ2v) is 11.6. The Balaban J connectivity index is 3.52. The number of amides is 1. The molecule has 0 saturated heterocycles. The molecule has 222 valence electrons. The van der Waals surface area contributed by atoms with Crippen LogP contribution in [-0.4, -0.2) is 34.9 Å². The van der Waals surface area contributed by atoms with Crippen molar-refractivity contribution in [1.82, 2.24) is 5.32 Å². The van der Waals surface area contributed by atoms with Crippen LogP contribution in [0.2, 0.25) is 0 Å². The Hall–Kier alpha value is -0.610. The van der Waals surface area contributed by atoms with Gasteiger partial charge in [-0.05, 0) is 12.8 Å². The summed E-state index contributed by atoms with van der Waals surface area (Å²) in [7, 11) is 0. The second-order valence-electron chi connectivity index (χ2n) is 11.6. The monoisotopic (exact) mass is 526 g/mol. The van der Waals surface area contributed by atoms with E-state index < -0.39 is 12.1 Å². The van der Waals surface area contributed by atoms with Crippen LogP contribution in [0.5, 0.6) is 0 Å². The fraction of sp³-hybridized carbons (Fsp3) is 0.970. The molecule has 0 fully saturated rings. The van der Waals surface area contributed by atoms with Gasteiger partial charge in [0, 0.05) is 6.42 Å². The molecule has 0 aromatic carbocycles. The fourth-order valence-electron chi connectivity index (χ4n) is 5.24. The molecule has 0 aromatic rings. The minimum atomic E-state index is -0.649. The molecular weight excluding hydrogens is 458 g/mol. The van der Waals surface area contributed by atoms with E-state index in [0.29, 0.717) is 12.8 Å². The first-order valence-electron chi connectivity index (χ1n) is 16.7. The van der Waals surface area contributed by atoms with E-state index in [9.17, 15) is 15.0 Å². The van der Waals surface area contributed by atoms with E-state index >= 15 is 0 Å². The smallest absolute Gasteiger partial charge is 0.220 e. The van der Waals surface area contributed by atoms with E-state index in [4.69, 9.17) is 0 Å². The lowest BCUT2D eigenvalue weighted by molar-refractivity contribution is -0.123. The zero-order chi connectivity index (χ0) is 27.2. The molecule has 0 heterocycles. The Labute approximate surface area is 232 Å². The third-order valence-corrected chi connectivity index (χ3v) is 7.87. The van der Waals surface area contributed by atoms with Crippen molar-refractivity contribution in [3.8, 4) is 0 Å². The summed E-state index contributed by atoms with van der Waals surface area (Å²) in [5, 5.41) is 22.9. The Bertz CT molecular complexity index is 457. The van der Waals surface area contributed by atoms with E-state index in [1.54, 1.807) is 0 Å². The van der Waals surface area contributed by atoms with Crippen LogP contribution in [-0.2, 0) is 4.79 Å². The molecule has 0 saturated carbocycles. The summed E-state index contributed by atoms with van der Waals surface area (Å²) in [6.45, 7) is 4.33. The number of nitrogens with one attached hydrogen (secondary N) is 1. The molecule has 0 aromatic heterocycles. The Morgan fingerprint density at radius 2 is 0.865 bits per heavy atom. The highest BCUT2D eigenvalue weighted by Crippen LogP contribution is 2.15. The molecular formula is C33H67NO3. The van der Waals surface area contributed by atoms with E-state index in [0.717, 1.165) is 25.7 Å². The van der Waals surface area contributed by atoms with Gasteiger partial charge in [0.2, 0.25) is 5.91 Å². The summed E-state index contributed by atoms with van der Waals surface area (Å²) in [6, 6.07) is -0.525. The summed E-state index contributed by atoms with van der Waals surface area (Å²) in [5.41, 5.74) is 0. The van der Waals surface area contributed by atoms with E-state index in [2.05, 4.69) is 19.2 Å². The van der Waals surface area contributed by atoms with Crippen molar-refractivity contribution in [3.05, 3.63) is 0 Å². The highest BCUT2D eigenvalue weighted by molar-refractivity contribution is 5.76. The number of aliphatic hydroxyl groups excluding tert-OH is 2. The van der Waals surface area contributed by atoms with Gasteiger partial charge in [-0.2, -0.15) is 0 Å². The first-order valence-corrected chi connectivity index (χ1v) is 16.7. The zero-order valence-corrected chi connectivity index (χ0v) is 25.3. The first kappa shape index (κ1) is 36.4. The Morgan fingerprint density at radius 3 is 1.22 bits per heavy atom. The van der Waals surface area contributed by atoms with Gasteiger partial charge in [0.1, 0.15) is 0 Å². The zero-order valence-electron chi connectivity index (χ0n) is 25.3. The maximum atomic E-state index is 12.3. The summed E-state index contributed by atoms with van der Waals surface area (Å²) < 4.78 is 0. The Morgan fingerprint density at radius 1 is 0.541 bits per heavy atom. The maximum Gasteiger partial charge on any atom is 0.220 e. The standard InChI is InChI=1S/C33H67NO3/c1-3-5-7-9-11-13-14-15-16-17-18-19-21-23-25-27-29-33(37)34-31(30-35)32(36)28-26-24-22-20-12-10-8-6-4-2/h31-32,35-36H,3-30H2,1-2H3,(H,34,37)/t31-,32+/m0/s1. The van der Waals surface area contributed by atoms with Gasteiger partial charge < -0.3 is 15.5 Å². The van der Waals surface area contributed by atoms with Crippen molar-refractivity contribution in [2.24, 2.45) is 0 Å². The third kappa shape index (κ3) is 26.8. The summed E-state index contributed by atoms with van der Waals surface area (Å²) in [6.07, 6.45) is 32.9. The lowest BCUT2D eigenvalue weighted by Crippen LogP contribution is -2.45. The van der Waals surface area contributed by atoms with Gasteiger partial charge in [0.05, 0.1) is 18.8 Å². The number of aliphatic hydroxyl groups is 2. The molecule has 0 bridgehead atoms. The predicted octanol–water partition coefficient (Wildman–Crippen LogP) is 9.40. The fourth-order valence-corrected chi connectivity index (χ4v) is 5.24.